The fourth-order valence-electron chi connectivity index (χ4n) is 2.34. The van der Waals surface area contributed by atoms with Crippen LogP contribution in [0.15, 0.2) is 0 Å². The molecule has 1 heteroatoms. The lowest BCUT2D eigenvalue weighted by Crippen LogP contribution is -2.38. The molecule has 2 aliphatic carbocycles. The van der Waals surface area contributed by atoms with Gasteiger partial charge in [0, 0.05) is 0 Å². The van der Waals surface area contributed by atoms with E-state index in [1.807, 2.05) is 0 Å². The summed E-state index contributed by atoms with van der Waals surface area (Å²) in [4.78, 5) is 0. The molecule has 10 heavy (non-hydrogen) atoms. The number of rotatable bonds is 1. The van der Waals surface area contributed by atoms with E-state index in [0.29, 0.717) is 5.92 Å². The maximum absolute atomic E-state index is 10.0. The molecule has 0 bridgehead atoms. The summed E-state index contributed by atoms with van der Waals surface area (Å²) in [6.07, 6.45) is 8.61. The molecule has 0 atom stereocenters. The SMILES string of the molecule is OC1(C2CCC2)CCCC1. The van der Waals surface area contributed by atoms with Gasteiger partial charge < -0.3 is 5.11 Å². The summed E-state index contributed by atoms with van der Waals surface area (Å²) in [6, 6.07) is 0. The predicted octanol–water partition coefficient (Wildman–Crippen LogP) is 2.09. The highest BCUT2D eigenvalue weighted by Gasteiger charge is 2.41. The Morgan fingerprint density at radius 1 is 1.00 bits per heavy atom. The van der Waals surface area contributed by atoms with E-state index in [4.69, 9.17) is 0 Å². The first-order chi connectivity index (χ1) is 4.81. The average Bonchev–Trinajstić information content (AvgIpc) is 2.09. The number of hydrogen-bond acceptors (Lipinski definition) is 1. The third kappa shape index (κ3) is 0.878. The summed E-state index contributed by atoms with van der Waals surface area (Å²) in [7, 11) is 0. The Labute approximate surface area is 62.4 Å². The Kier molecular flexibility index (Phi) is 1.48. The van der Waals surface area contributed by atoms with Gasteiger partial charge in [0.15, 0.2) is 0 Å². The van der Waals surface area contributed by atoms with E-state index in [2.05, 4.69) is 0 Å². The smallest absolute Gasteiger partial charge is 0.0675 e. The molecule has 0 unspecified atom stereocenters. The normalized spacial score (nSPS) is 32.1. The molecule has 2 saturated carbocycles. The van der Waals surface area contributed by atoms with Crippen molar-refractivity contribution in [2.24, 2.45) is 5.92 Å². The van der Waals surface area contributed by atoms with E-state index in [1.54, 1.807) is 0 Å². The molecule has 0 aromatic carbocycles. The van der Waals surface area contributed by atoms with Crippen molar-refractivity contribution in [3.05, 3.63) is 0 Å². The molecular weight excluding hydrogens is 124 g/mol. The fraction of sp³-hybridized carbons (Fsp3) is 1.00. The molecule has 0 radical (unpaired) electrons. The zero-order valence-electron chi connectivity index (χ0n) is 6.47. The van der Waals surface area contributed by atoms with Crippen LogP contribution in [0.2, 0.25) is 0 Å². The van der Waals surface area contributed by atoms with E-state index in [1.165, 1.54) is 32.1 Å². The largest absolute Gasteiger partial charge is 0.390 e. The third-order valence-electron chi connectivity index (χ3n) is 3.33. The summed E-state index contributed by atoms with van der Waals surface area (Å²) in [6.45, 7) is 0. The Morgan fingerprint density at radius 2 is 1.60 bits per heavy atom. The van der Waals surface area contributed by atoms with Crippen LogP contribution in [0.5, 0.6) is 0 Å². The van der Waals surface area contributed by atoms with Crippen LogP contribution in [0, 0.1) is 5.92 Å². The number of aliphatic hydroxyl groups is 1. The number of hydrogen-bond donors (Lipinski definition) is 1. The van der Waals surface area contributed by atoms with Crippen LogP contribution >= 0.6 is 0 Å². The van der Waals surface area contributed by atoms with Gasteiger partial charge in [-0.3, -0.25) is 0 Å². The van der Waals surface area contributed by atoms with Crippen LogP contribution in [0.4, 0.5) is 0 Å². The second-order valence-corrected chi connectivity index (χ2v) is 3.94. The monoisotopic (exact) mass is 140 g/mol. The highest BCUT2D eigenvalue weighted by atomic mass is 16.3. The van der Waals surface area contributed by atoms with E-state index >= 15 is 0 Å². The molecule has 0 aromatic rings. The van der Waals surface area contributed by atoms with Crippen molar-refractivity contribution in [2.75, 3.05) is 0 Å². The van der Waals surface area contributed by atoms with Gasteiger partial charge >= 0.3 is 0 Å². The third-order valence-corrected chi connectivity index (χ3v) is 3.33. The Hall–Kier alpha value is -0.0400. The summed E-state index contributed by atoms with van der Waals surface area (Å²) in [5.74, 6) is 0.676. The summed E-state index contributed by atoms with van der Waals surface area (Å²) in [5, 5.41) is 10.0. The molecule has 0 amide bonds. The molecule has 2 aliphatic rings. The molecule has 0 spiro atoms. The Balaban J connectivity index is 1.98. The van der Waals surface area contributed by atoms with Crippen LogP contribution in [0.25, 0.3) is 0 Å². The molecule has 0 aliphatic heterocycles. The fourth-order valence-corrected chi connectivity index (χ4v) is 2.34. The van der Waals surface area contributed by atoms with Gasteiger partial charge in [-0.25, -0.2) is 0 Å². The molecule has 2 fully saturated rings. The van der Waals surface area contributed by atoms with E-state index in [0.717, 1.165) is 12.8 Å². The zero-order chi connectivity index (χ0) is 7.03. The van der Waals surface area contributed by atoms with Crippen molar-refractivity contribution in [2.45, 2.75) is 50.5 Å². The lowest BCUT2D eigenvalue weighted by molar-refractivity contribution is -0.0442. The van der Waals surface area contributed by atoms with Crippen molar-refractivity contribution in [3.8, 4) is 0 Å². The second-order valence-electron chi connectivity index (χ2n) is 3.94. The van der Waals surface area contributed by atoms with Gasteiger partial charge in [0.05, 0.1) is 5.60 Å². The maximum Gasteiger partial charge on any atom is 0.0675 e. The molecule has 1 nitrogen and oxygen atoms in total. The lowest BCUT2D eigenvalue weighted by atomic mass is 9.72. The van der Waals surface area contributed by atoms with E-state index in [9.17, 15) is 5.11 Å². The Bertz CT molecular complexity index is 121. The van der Waals surface area contributed by atoms with Gasteiger partial charge in [0.1, 0.15) is 0 Å². The molecule has 0 heterocycles. The van der Waals surface area contributed by atoms with Crippen molar-refractivity contribution >= 4 is 0 Å². The zero-order valence-corrected chi connectivity index (χ0v) is 6.47. The van der Waals surface area contributed by atoms with Crippen molar-refractivity contribution < 1.29 is 5.11 Å². The van der Waals surface area contributed by atoms with E-state index < -0.39 is 0 Å². The average molecular weight is 140 g/mol. The molecular formula is C9H16O. The second kappa shape index (κ2) is 2.23. The predicted molar refractivity (Wildman–Crippen MR) is 40.8 cm³/mol. The molecule has 1 N–H and O–H groups in total. The quantitative estimate of drug-likeness (QED) is 0.591. The van der Waals surface area contributed by atoms with Gasteiger partial charge in [-0.05, 0) is 31.6 Å². The molecule has 0 saturated heterocycles. The lowest BCUT2D eigenvalue weighted by Gasteiger charge is -2.38. The van der Waals surface area contributed by atoms with E-state index in [-0.39, 0.29) is 5.60 Å². The first-order valence-corrected chi connectivity index (χ1v) is 4.54. The van der Waals surface area contributed by atoms with Gasteiger partial charge in [-0.15, -0.1) is 0 Å². The van der Waals surface area contributed by atoms with Crippen LogP contribution in [0.3, 0.4) is 0 Å². The Morgan fingerprint density at radius 3 is 2.00 bits per heavy atom. The van der Waals surface area contributed by atoms with Crippen LogP contribution in [-0.4, -0.2) is 10.7 Å². The maximum atomic E-state index is 10.0. The van der Waals surface area contributed by atoms with Crippen molar-refractivity contribution in [1.82, 2.24) is 0 Å². The minimum absolute atomic E-state index is 0.210. The van der Waals surface area contributed by atoms with Crippen LogP contribution < -0.4 is 0 Å². The van der Waals surface area contributed by atoms with Gasteiger partial charge in [-0.2, -0.15) is 0 Å². The minimum Gasteiger partial charge on any atom is -0.390 e. The minimum atomic E-state index is -0.210. The highest BCUT2D eigenvalue weighted by Crippen LogP contribution is 2.45. The topological polar surface area (TPSA) is 20.2 Å². The van der Waals surface area contributed by atoms with Crippen molar-refractivity contribution in [1.29, 1.82) is 0 Å². The van der Waals surface area contributed by atoms with Gasteiger partial charge in [0.25, 0.3) is 0 Å². The van der Waals surface area contributed by atoms with Crippen molar-refractivity contribution in [3.63, 3.8) is 0 Å². The standard InChI is InChI=1S/C9H16O/c10-9(6-1-2-7-9)8-4-3-5-8/h8,10H,1-7H2. The first-order valence-electron chi connectivity index (χ1n) is 4.54. The summed E-state index contributed by atoms with van der Waals surface area (Å²) < 4.78 is 0. The summed E-state index contributed by atoms with van der Waals surface area (Å²) >= 11 is 0. The van der Waals surface area contributed by atoms with Crippen LogP contribution in [-0.2, 0) is 0 Å². The highest BCUT2D eigenvalue weighted by molar-refractivity contribution is 4.94. The van der Waals surface area contributed by atoms with Gasteiger partial charge in [0.2, 0.25) is 0 Å². The molecule has 0 aromatic heterocycles. The summed E-state index contributed by atoms with van der Waals surface area (Å²) in [5.41, 5.74) is -0.210. The molecule has 2 rings (SSSR count). The molecule has 58 valence electrons. The first kappa shape index (κ1) is 6.66. The van der Waals surface area contributed by atoms with Gasteiger partial charge in [-0.1, -0.05) is 19.3 Å². The van der Waals surface area contributed by atoms with Crippen LogP contribution in [0.1, 0.15) is 44.9 Å².